The molecule has 0 aliphatic heterocycles. The summed E-state index contributed by atoms with van der Waals surface area (Å²) in [6, 6.07) is 2.19. The fourth-order valence-electron chi connectivity index (χ4n) is 3.94. The van der Waals surface area contributed by atoms with Gasteiger partial charge in [0.2, 0.25) is 0 Å². The smallest absolute Gasteiger partial charge is 0.0254 e. The zero-order valence-corrected chi connectivity index (χ0v) is 14.6. The van der Waals surface area contributed by atoms with E-state index >= 15 is 0 Å². The molecule has 0 heterocycles. The van der Waals surface area contributed by atoms with E-state index < -0.39 is 0 Å². The highest BCUT2D eigenvalue weighted by Crippen LogP contribution is 2.32. The van der Waals surface area contributed by atoms with E-state index in [1.54, 1.807) is 0 Å². The molecule has 20 heavy (non-hydrogen) atoms. The standard InChI is InChI=1S/C18H38N2/c1-6-10-16-11-12-17(19-13-7-2)18(14-16)20(9-4)15(5)8-3/h15-19H,6-14H2,1-5H3. The highest BCUT2D eigenvalue weighted by atomic mass is 15.2. The first-order valence-electron chi connectivity index (χ1n) is 9.16. The fourth-order valence-corrected chi connectivity index (χ4v) is 3.94. The van der Waals surface area contributed by atoms with Gasteiger partial charge in [-0.2, -0.15) is 0 Å². The van der Waals surface area contributed by atoms with E-state index in [1.165, 1.54) is 58.0 Å². The summed E-state index contributed by atoms with van der Waals surface area (Å²) in [6.45, 7) is 14.1. The van der Waals surface area contributed by atoms with Crippen LogP contribution in [0.3, 0.4) is 0 Å². The third-order valence-corrected chi connectivity index (χ3v) is 5.23. The topological polar surface area (TPSA) is 15.3 Å². The summed E-state index contributed by atoms with van der Waals surface area (Å²) < 4.78 is 0. The van der Waals surface area contributed by atoms with Crippen LogP contribution in [0.2, 0.25) is 0 Å². The molecule has 1 aliphatic rings. The van der Waals surface area contributed by atoms with Gasteiger partial charge < -0.3 is 5.32 Å². The van der Waals surface area contributed by atoms with Crippen molar-refractivity contribution in [2.24, 2.45) is 5.92 Å². The van der Waals surface area contributed by atoms with Crippen molar-refractivity contribution in [1.82, 2.24) is 10.2 Å². The van der Waals surface area contributed by atoms with E-state index in [0.717, 1.165) is 24.0 Å². The Morgan fingerprint density at radius 1 is 1.10 bits per heavy atom. The first-order valence-corrected chi connectivity index (χ1v) is 9.16. The van der Waals surface area contributed by atoms with Crippen LogP contribution in [-0.2, 0) is 0 Å². The zero-order valence-electron chi connectivity index (χ0n) is 14.6. The molecule has 0 aromatic carbocycles. The molecule has 4 atom stereocenters. The summed E-state index contributed by atoms with van der Waals surface area (Å²) in [5.41, 5.74) is 0. The third-order valence-electron chi connectivity index (χ3n) is 5.23. The van der Waals surface area contributed by atoms with E-state index in [2.05, 4.69) is 44.8 Å². The van der Waals surface area contributed by atoms with Crippen molar-refractivity contribution < 1.29 is 0 Å². The Labute approximate surface area is 127 Å². The predicted octanol–water partition coefficient (Wildman–Crippen LogP) is 4.44. The van der Waals surface area contributed by atoms with Crippen molar-refractivity contribution >= 4 is 0 Å². The summed E-state index contributed by atoms with van der Waals surface area (Å²) in [6.07, 6.45) is 9.51. The molecule has 0 aromatic rings. The lowest BCUT2D eigenvalue weighted by molar-refractivity contribution is 0.0665. The largest absolute Gasteiger partial charge is 0.312 e. The molecular weight excluding hydrogens is 244 g/mol. The van der Waals surface area contributed by atoms with Crippen LogP contribution in [0.4, 0.5) is 0 Å². The van der Waals surface area contributed by atoms with Gasteiger partial charge in [-0.05, 0) is 58.0 Å². The molecule has 0 saturated heterocycles. The number of nitrogens with zero attached hydrogens (tertiary/aromatic N) is 1. The molecule has 1 aliphatic carbocycles. The lowest BCUT2D eigenvalue weighted by Crippen LogP contribution is -2.55. The quantitative estimate of drug-likeness (QED) is 0.672. The zero-order chi connectivity index (χ0) is 15.0. The Hall–Kier alpha value is -0.0800. The lowest BCUT2D eigenvalue weighted by atomic mass is 9.79. The van der Waals surface area contributed by atoms with Crippen molar-refractivity contribution in [3.05, 3.63) is 0 Å². The van der Waals surface area contributed by atoms with Crippen molar-refractivity contribution in [1.29, 1.82) is 0 Å². The average molecular weight is 283 g/mol. The number of hydrogen-bond donors (Lipinski definition) is 1. The number of hydrogen-bond acceptors (Lipinski definition) is 2. The van der Waals surface area contributed by atoms with Gasteiger partial charge in [0.1, 0.15) is 0 Å². The van der Waals surface area contributed by atoms with Crippen molar-refractivity contribution in [2.75, 3.05) is 13.1 Å². The van der Waals surface area contributed by atoms with Gasteiger partial charge in [-0.15, -0.1) is 0 Å². The van der Waals surface area contributed by atoms with E-state index in [1.807, 2.05) is 0 Å². The Balaban J connectivity index is 2.73. The molecule has 0 bridgehead atoms. The number of likely N-dealkylation sites (N-methyl/N-ethyl adjacent to an activating group) is 1. The van der Waals surface area contributed by atoms with Crippen LogP contribution in [0.1, 0.15) is 79.6 Å². The van der Waals surface area contributed by atoms with Gasteiger partial charge in [-0.1, -0.05) is 40.5 Å². The number of rotatable bonds is 9. The molecule has 0 spiro atoms. The summed E-state index contributed by atoms with van der Waals surface area (Å²) in [5, 5.41) is 3.84. The molecule has 1 saturated carbocycles. The van der Waals surface area contributed by atoms with Gasteiger partial charge in [0.25, 0.3) is 0 Å². The van der Waals surface area contributed by atoms with Crippen LogP contribution in [-0.4, -0.2) is 36.1 Å². The normalized spacial score (nSPS) is 28.8. The Kier molecular flexibility index (Phi) is 8.79. The second-order valence-corrected chi connectivity index (χ2v) is 6.68. The van der Waals surface area contributed by atoms with Gasteiger partial charge in [0.05, 0.1) is 0 Å². The van der Waals surface area contributed by atoms with E-state index in [4.69, 9.17) is 0 Å². The lowest BCUT2D eigenvalue weighted by Gasteiger charge is -2.45. The number of nitrogens with one attached hydrogen (secondary N) is 1. The van der Waals surface area contributed by atoms with Crippen LogP contribution >= 0.6 is 0 Å². The van der Waals surface area contributed by atoms with Gasteiger partial charge in [0, 0.05) is 18.1 Å². The minimum Gasteiger partial charge on any atom is -0.312 e. The van der Waals surface area contributed by atoms with Crippen LogP contribution in [0, 0.1) is 5.92 Å². The van der Waals surface area contributed by atoms with Crippen molar-refractivity contribution in [3.63, 3.8) is 0 Å². The molecule has 4 unspecified atom stereocenters. The first kappa shape index (κ1) is 18.0. The Morgan fingerprint density at radius 3 is 2.40 bits per heavy atom. The molecule has 0 aromatic heterocycles. The van der Waals surface area contributed by atoms with Crippen LogP contribution < -0.4 is 5.32 Å². The summed E-state index contributed by atoms with van der Waals surface area (Å²) in [4.78, 5) is 2.77. The van der Waals surface area contributed by atoms with Crippen LogP contribution in [0.25, 0.3) is 0 Å². The molecule has 2 nitrogen and oxygen atoms in total. The second kappa shape index (κ2) is 9.78. The maximum absolute atomic E-state index is 3.84. The Morgan fingerprint density at radius 2 is 1.85 bits per heavy atom. The predicted molar refractivity (Wildman–Crippen MR) is 90.3 cm³/mol. The first-order chi connectivity index (χ1) is 9.67. The molecule has 1 rings (SSSR count). The van der Waals surface area contributed by atoms with Crippen LogP contribution in [0.5, 0.6) is 0 Å². The molecule has 0 radical (unpaired) electrons. The van der Waals surface area contributed by atoms with Crippen molar-refractivity contribution in [2.45, 2.75) is 97.7 Å². The molecule has 120 valence electrons. The summed E-state index contributed by atoms with van der Waals surface area (Å²) in [5.74, 6) is 0.961. The van der Waals surface area contributed by atoms with Crippen LogP contribution in [0.15, 0.2) is 0 Å². The maximum Gasteiger partial charge on any atom is 0.0254 e. The molecule has 2 heteroatoms. The van der Waals surface area contributed by atoms with Crippen molar-refractivity contribution in [3.8, 4) is 0 Å². The molecule has 1 fully saturated rings. The molecular formula is C18H38N2. The Bertz CT molecular complexity index is 242. The summed E-state index contributed by atoms with van der Waals surface area (Å²) >= 11 is 0. The SMILES string of the molecule is CCCNC1CCC(CCC)CC1N(CC)C(C)CC. The van der Waals surface area contributed by atoms with E-state index in [9.17, 15) is 0 Å². The maximum atomic E-state index is 3.84. The summed E-state index contributed by atoms with van der Waals surface area (Å²) in [7, 11) is 0. The van der Waals surface area contributed by atoms with E-state index in [0.29, 0.717) is 0 Å². The minimum absolute atomic E-state index is 0.719. The highest BCUT2D eigenvalue weighted by Gasteiger charge is 2.34. The third kappa shape index (κ3) is 5.04. The van der Waals surface area contributed by atoms with Gasteiger partial charge in [-0.25, -0.2) is 0 Å². The second-order valence-electron chi connectivity index (χ2n) is 6.68. The van der Waals surface area contributed by atoms with E-state index in [-0.39, 0.29) is 0 Å². The minimum atomic E-state index is 0.719. The van der Waals surface area contributed by atoms with Gasteiger partial charge in [0.15, 0.2) is 0 Å². The molecule has 0 amide bonds. The average Bonchev–Trinajstić information content (AvgIpc) is 2.47. The molecule has 1 N–H and O–H groups in total. The fraction of sp³-hybridized carbons (Fsp3) is 1.00. The van der Waals surface area contributed by atoms with Gasteiger partial charge in [-0.3, -0.25) is 4.90 Å². The highest BCUT2D eigenvalue weighted by molar-refractivity contribution is 4.92. The monoisotopic (exact) mass is 282 g/mol. The van der Waals surface area contributed by atoms with Gasteiger partial charge >= 0.3 is 0 Å².